The van der Waals surface area contributed by atoms with Gasteiger partial charge in [-0.3, -0.25) is 4.79 Å². The van der Waals surface area contributed by atoms with E-state index in [-0.39, 0.29) is 24.1 Å². The highest BCUT2D eigenvalue weighted by molar-refractivity contribution is 8.18. The minimum absolute atomic E-state index is 0.194. The zero-order valence-corrected chi connectivity index (χ0v) is 18.5. The number of ether oxygens (including phenoxy) is 2. The fraction of sp³-hybridized carbons (Fsp3) is 0.120. The quantitative estimate of drug-likeness (QED) is 0.445. The molecule has 1 aliphatic rings. The molecule has 8 heteroatoms. The van der Waals surface area contributed by atoms with Crippen LogP contribution in [0.15, 0.2) is 76.6 Å². The zero-order chi connectivity index (χ0) is 23.2. The number of halogens is 2. The fourth-order valence-corrected chi connectivity index (χ4v) is 3.90. The van der Waals surface area contributed by atoms with Gasteiger partial charge in [0, 0.05) is 0 Å². The summed E-state index contributed by atoms with van der Waals surface area (Å²) in [5.41, 5.74) is 1.99. The van der Waals surface area contributed by atoms with E-state index in [0.29, 0.717) is 39.4 Å². The number of benzene rings is 3. The zero-order valence-electron chi connectivity index (χ0n) is 17.7. The molecule has 1 saturated heterocycles. The predicted molar refractivity (Wildman–Crippen MR) is 126 cm³/mol. The molecule has 33 heavy (non-hydrogen) atoms. The maximum atomic E-state index is 13.4. The standard InChI is InChI=1S/C25H20F2N2O3S/c1-2-31-22-13-16(6-11-21(22)32-15-17-4-3-5-19(27)12-17)14-23-24(30)29-25(33-23)28-20-9-7-18(26)8-10-20/h3-14H,2,15H2,1H3,(H,28,29,30)/b23-14+. The number of amidine groups is 1. The first-order valence-corrected chi connectivity index (χ1v) is 11.0. The number of nitrogens with zero attached hydrogens (tertiary/aromatic N) is 1. The van der Waals surface area contributed by atoms with Gasteiger partial charge in [-0.25, -0.2) is 13.8 Å². The van der Waals surface area contributed by atoms with E-state index < -0.39 is 0 Å². The van der Waals surface area contributed by atoms with Crippen molar-refractivity contribution in [2.75, 3.05) is 6.61 Å². The Hall–Kier alpha value is -3.65. The molecule has 0 spiro atoms. The van der Waals surface area contributed by atoms with Gasteiger partial charge in [-0.15, -0.1) is 0 Å². The van der Waals surface area contributed by atoms with Crippen LogP contribution < -0.4 is 14.8 Å². The molecular formula is C25H20F2N2O3S. The number of carbonyl (C=O) groups excluding carboxylic acids is 1. The highest BCUT2D eigenvalue weighted by Crippen LogP contribution is 2.33. The van der Waals surface area contributed by atoms with E-state index in [1.54, 1.807) is 36.4 Å². The lowest BCUT2D eigenvalue weighted by Crippen LogP contribution is -2.19. The second-order valence-corrected chi connectivity index (χ2v) is 8.05. The third-order valence-electron chi connectivity index (χ3n) is 4.56. The van der Waals surface area contributed by atoms with Crippen LogP contribution in [0.25, 0.3) is 6.08 Å². The minimum atomic E-state index is -0.351. The van der Waals surface area contributed by atoms with Crippen molar-refractivity contribution < 1.29 is 23.0 Å². The summed E-state index contributed by atoms with van der Waals surface area (Å²) in [5, 5.41) is 3.12. The van der Waals surface area contributed by atoms with Gasteiger partial charge in [0.25, 0.3) is 5.91 Å². The summed E-state index contributed by atoms with van der Waals surface area (Å²) < 4.78 is 38.0. The van der Waals surface area contributed by atoms with Crippen molar-refractivity contribution in [1.82, 2.24) is 5.32 Å². The van der Waals surface area contributed by atoms with Crippen LogP contribution in [0.1, 0.15) is 18.1 Å². The lowest BCUT2D eigenvalue weighted by atomic mass is 10.2. The van der Waals surface area contributed by atoms with E-state index in [1.165, 1.54) is 48.2 Å². The van der Waals surface area contributed by atoms with Gasteiger partial charge in [-0.1, -0.05) is 18.2 Å². The van der Waals surface area contributed by atoms with Crippen LogP contribution in [0.5, 0.6) is 11.5 Å². The van der Waals surface area contributed by atoms with Crippen molar-refractivity contribution >= 4 is 34.6 Å². The normalized spacial score (nSPS) is 15.7. The minimum Gasteiger partial charge on any atom is -0.490 e. The molecule has 0 aliphatic carbocycles. The van der Waals surface area contributed by atoms with Crippen molar-refractivity contribution in [1.29, 1.82) is 0 Å². The van der Waals surface area contributed by atoms with E-state index in [4.69, 9.17) is 9.47 Å². The molecule has 1 aliphatic heterocycles. The monoisotopic (exact) mass is 466 g/mol. The Morgan fingerprint density at radius 1 is 0.970 bits per heavy atom. The Morgan fingerprint density at radius 3 is 2.55 bits per heavy atom. The Kier molecular flexibility index (Phi) is 7.04. The van der Waals surface area contributed by atoms with Gasteiger partial charge in [0.1, 0.15) is 18.2 Å². The molecule has 0 bridgehead atoms. The van der Waals surface area contributed by atoms with Crippen molar-refractivity contribution in [3.63, 3.8) is 0 Å². The van der Waals surface area contributed by atoms with Crippen molar-refractivity contribution in [2.24, 2.45) is 4.99 Å². The Bertz CT molecular complexity index is 1230. The van der Waals surface area contributed by atoms with Gasteiger partial charge in [-0.05, 0) is 84.4 Å². The van der Waals surface area contributed by atoms with E-state index in [1.807, 2.05) is 6.92 Å². The molecule has 1 heterocycles. The largest absolute Gasteiger partial charge is 0.490 e. The van der Waals surface area contributed by atoms with Crippen LogP contribution in [-0.2, 0) is 11.4 Å². The van der Waals surface area contributed by atoms with E-state index in [0.717, 1.165) is 5.56 Å². The van der Waals surface area contributed by atoms with Crippen molar-refractivity contribution in [3.05, 3.63) is 94.4 Å². The molecule has 0 unspecified atom stereocenters. The maximum absolute atomic E-state index is 13.4. The third-order valence-corrected chi connectivity index (χ3v) is 5.47. The lowest BCUT2D eigenvalue weighted by molar-refractivity contribution is -0.115. The summed E-state index contributed by atoms with van der Waals surface area (Å²) in [6, 6.07) is 17.2. The molecule has 1 fully saturated rings. The highest BCUT2D eigenvalue weighted by Gasteiger charge is 2.24. The number of hydrogen-bond acceptors (Lipinski definition) is 5. The fourth-order valence-electron chi connectivity index (χ4n) is 3.05. The van der Waals surface area contributed by atoms with Crippen LogP contribution in [0.2, 0.25) is 0 Å². The highest BCUT2D eigenvalue weighted by atomic mass is 32.2. The molecule has 0 atom stereocenters. The molecule has 0 aromatic heterocycles. The summed E-state index contributed by atoms with van der Waals surface area (Å²) >= 11 is 1.19. The van der Waals surface area contributed by atoms with Crippen LogP contribution in [0.3, 0.4) is 0 Å². The van der Waals surface area contributed by atoms with E-state index >= 15 is 0 Å². The number of nitrogens with one attached hydrogen (secondary N) is 1. The molecule has 168 valence electrons. The summed E-state index contributed by atoms with van der Waals surface area (Å²) in [5.74, 6) is 0.0938. The summed E-state index contributed by atoms with van der Waals surface area (Å²) in [6.45, 7) is 2.49. The van der Waals surface area contributed by atoms with Crippen molar-refractivity contribution in [2.45, 2.75) is 13.5 Å². The van der Waals surface area contributed by atoms with Gasteiger partial charge in [0.05, 0.1) is 17.2 Å². The topological polar surface area (TPSA) is 59.9 Å². The van der Waals surface area contributed by atoms with Crippen LogP contribution in [0, 0.1) is 11.6 Å². The number of thioether (sulfide) groups is 1. The lowest BCUT2D eigenvalue weighted by Gasteiger charge is -2.13. The number of rotatable bonds is 7. The predicted octanol–water partition coefficient (Wildman–Crippen LogP) is 5.83. The van der Waals surface area contributed by atoms with Gasteiger partial charge in [0.15, 0.2) is 16.7 Å². The maximum Gasteiger partial charge on any atom is 0.264 e. The van der Waals surface area contributed by atoms with Gasteiger partial charge < -0.3 is 14.8 Å². The van der Waals surface area contributed by atoms with Gasteiger partial charge in [0.2, 0.25) is 0 Å². The van der Waals surface area contributed by atoms with Crippen LogP contribution in [-0.4, -0.2) is 17.7 Å². The Labute approximate surface area is 194 Å². The number of aliphatic imine (C=N–C) groups is 1. The molecule has 1 amide bonds. The first kappa shape index (κ1) is 22.5. The first-order chi connectivity index (χ1) is 16.0. The number of carbonyl (C=O) groups is 1. The van der Waals surface area contributed by atoms with E-state index in [2.05, 4.69) is 10.3 Å². The van der Waals surface area contributed by atoms with Crippen LogP contribution >= 0.6 is 11.8 Å². The molecule has 1 N–H and O–H groups in total. The molecular weight excluding hydrogens is 446 g/mol. The Morgan fingerprint density at radius 2 is 1.79 bits per heavy atom. The molecule has 3 aromatic rings. The smallest absolute Gasteiger partial charge is 0.264 e. The average molecular weight is 467 g/mol. The molecule has 5 nitrogen and oxygen atoms in total. The van der Waals surface area contributed by atoms with Crippen LogP contribution in [0.4, 0.5) is 14.5 Å². The summed E-state index contributed by atoms with van der Waals surface area (Å²) in [7, 11) is 0. The average Bonchev–Trinajstić information content (AvgIpc) is 3.13. The summed E-state index contributed by atoms with van der Waals surface area (Å²) in [4.78, 5) is 17.2. The number of amides is 1. The molecule has 0 saturated carbocycles. The first-order valence-electron chi connectivity index (χ1n) is 10.2. The summed E-state index contributed by atoms with van der Waals surface area (Å²) in [6.07, 6.45) is 1.73. The molecule has 4 rings (SSSR count). The second-order valence-electron chi connectivity index (χ2n) is 7.02. The molecule has 3 aromatic carbocycles. The second kappa shape index (κ2) is 10.3. The SMILES string of the molecule is CCOc1cc(/C=C2/SC(=Nc3ccc(F)cc3)NC2=O)ccc1OCc1cccc(F)c1. The molecule has 0 radical (unpaired) electrons. The van der Waals surface area contributed by atoms with Gasteiger partial charge >= 0.3 is 0 Å². The Balaban J connectivity index is 1.50. The van der Waals surface area contributed by atoms with E-state index in [9.17, 15) is 13.6 Å². The van der Waals surface area contributed by atoms with Crippen molar-refractivity contribution in [3.8, 4) is 11.5 Å². The van der Waals surface area contributed by atoms with Gasteiger partial charge in [-0.2, -0.15) is 0 Å². The third kappa shape index (κ3) is 5.98. The number of hydrogen-bond donors (Lipinski definition) is 1.